The quantitative estimate of drug-likeness (QED) is 0.727. The van der Waals surface area contributed by atoms with Crippen LogP contribution in [0.25, 0.3) is 0 Å². The van der Waals surface area contributed by atoms with Crippen LogP contribution in [0.2, 0.25) is 0 Å². The summed E-state index contributed by atoms with van der Waals surface area (Å²) in [7, 11) is 0. The van der Waals surface area contributed by atoms with Crippen LogP contribution in [-0.2, 0) is 17.9 Å². The second-order valence-corrected chi connectivity index (χ2v) is 5.81. The smallest absolute Gasteiger partial charge is 0.343 e. The molecule has 0 bridgehead atoms. The van der Waals surface area contributed by atoms with Crippen molar-refractivity contribution in [2.24, 2.45) is 0 Å². The van der Waals surface area contributed by atoms with Gasteiger partial charge < -0.3 is 5.32 Å². The number of carbonyl (C=O) groups is 1. The van der Waals surface area contributed by atoms with Crippen molar-refractivity contribution in [2.75, 3.05) is 5.75 Å². The van der Waals surface area contributed by atoms with Crippen LogP contribution in [0, 0.1) is 0 Å². The third-order valence-electron chi connectivity index (χ3n) is 3.12. The zero-order valence-electron chi connectivity index (χ0n) is 12.5. The van der Waals surface area contributed by atoms with Crippen LogP contribution < -0.4 is 11.0 Å². The van der Waals surface area contributed by atoms with Crippen molar-refractivity contribution in [2.45, 2.75) is 38.0 Å². The standard InChI is InChI=1S/C15H20N4O2S/c1-2-3-9-19-14(21)17-18-15(19)22-11-13(20)16-10-12-7-5-4-6-8-12/h4-8H,2-3,9-11H2,1H3,(H,16,20)(H,17,21). The first-order valence-corrected chi connectivity index (χ1v) is 8.28. The molecule has 2 aromatic rings. The van der Waals surface area contributed by atoms with E-state index in [1.165, 1.54) is 11.8 Å². The summed E-state index contributed by atoms with van der Waals surface area (Å²) >= 11 is 1.27. The maximum absolute atomic E-state index is 11.9. The Bertz CT molecular complexity index is 651. The Labute approximate surface area is 133 Å². The summed E-state index contributed by atoms with van der Waals surface area (Å²) in [6, 6.07) is 9.74. The van der Waals surface area contributed by atoms with Gasteiger partial charge in [-0.1, -0.05) is 55.4 Å². The molecule has 1 heterocycles. The molecule has 0 aliphatic rings. The number of aromatic amines is 1. The normalized spacial score (nSPS) is 10.6. The number of thioether (sulfide) groups is 1. The largest absolute Gasteiger partial charge is 0.351 e. The molecule has 0 aliphatic carbocycles. The molecular formula is C15H20N4O2S. The van der Waals surface area contributed by atoms with Crippen molar-refractivity contribution in [3.05, 3.63) is 46.4 Å². The number of carbonyl (C=O) groups excluding carboxylic acids is 1. The van der Waals surface area contributed by atoms with Crippen LogP contribution in [0.3, 0.4) is 0 Å². The molecule has 0 saturated heterocycles. The van der Waals surface area contributed by atoms with E-state index in [1.54, 1.807) is 4.57 Å². The minimum atomic E-state index is -0.222. The molecule has 2 rings (SSSR count). The van der Waals surface area contributed by atoms with Gasteiger partial charge >= 0.3 is 5.69 Å². The molecule has 7 heteroatoms. The zero-order valence-corrected chi connectivity index (χ0v) is 13.4. The lowest BCUT2D eigenvalue weighted by Gasteiger charge is -2.06. The SMILES string of the molecule is CCCCn1c(SCC(=O)NCc2ccccc2)n[nH]c1=O. The molecule has 0 unspecified atom stereocenters. The van der Waals surface area contributed by atoms with Crippen molar-refractivity contribution in [1.82, 2.24) is 20.1 Å². The van der Waals surface area contributed by atoms with E-state index < -0.39 is 0 Å². The number of benzene rings is 1. The Morgan fingerprint density at radius 1 is 1.36 bits per heavy atom. The van der Waals surface area contributed by atoms with Gasteiger partial charge in [0.15, 0.2) is 5.16 Å². The molecule has 0 fully saturated rings. The fourth-order valence-corrected chi connectivity index (χ4v) is 2.71. The van der Waals surface area contributed by atoms with Crippen molar-refractivity contribution in [3.8, 4) is 0 Å². The molecule has 0 saturated carbocycles. The van der Waals surface area contributed by atoms with Gasteiger partial charge in [0.1, 0.15) is 0 Å². The van der Waals surface area contributed by atoms with Crippen LogP contribution in [0.5, 0.6) is 0 Å². The van der Waals surface area contributed by atoms with Crippen LogP contribution in [0.1, 0.15) is 25.3 Å². The molecule has 6 nitrogen and oxygen atoms in total. The van der Waals surface area contributed by atoms with Crippen molar-refractivity contribution >= 4 is 17.7 Å². The molecule has 1 aromatic carbocycles. The lowest BCUT2D eigenvalue weighted by Crippen LogP contribution is -2.25. The Balaban J connectivity index is 1.82. The predicted molar refractivity (Wildman–Crippen MR) is 86.8 cm³/mol. The Morgan fingerprint density at radius 3 is 2.86 bits per heavy atom. The molecule has 0 aliphatic heterocycles. The lowest BCUT2D eigenvalue weighted by atomic mass is 10.2. The summed E-state index contributed by atoms with van der Waals surface area (Å²) in [5, 5.41) is 9.82. The van der Waals surface area contributed by atoms with Crippen molar-refractivity contribution < 1.29 is 4.79 Å². The topological polar surface area (TPSA) is 79.8 Å². The van der Waals surface area contributed by atoms with E-state index >= 15 is 0 Å². The molecule has 2 N–H and O–H groups in total. The van der Waals surface area contributed by atoms with E-state index in [-0.39, 0.29) is 17.3 Å². The van der Waals surface area contributed by atoms with E-state index in [1.807, 2.05) is 30.3 Å². The number of rotatable bonds is 8. The maximum Gasteiger partial charge on any atom is 0.343 e. The van der Waals surface area contributed by atoms with Gasteiger partial charge in [0, 0.05) is 13.1 Å². The van der Waals surface area contributed by atoms with Gasteiger partial charge in [0.2, 0.25) is 5.91 Å². The average Bonchev–Trinajstić information content (AvgIpc) is 2.90. The number of hydrogen-bond donors (Lipinski definition) is 2. The van der Waals surface area contributed by atoms with Gasteiger partial charge in [-0.2, -0.15) is 0 Å². The fraction of sp³-hybridized carbons (Fsp3) is 0.400. The number of unbranched alkanes of at least 4 members (excludes halogenated alkanes) is 1. The summed E-state index contributed by atoms with van der Waals surface area (Å²) < 4.78 is 1.58. The van der Waals surface area contributed by atoms with Gasteiger partial charge in [-0.15, -0.1) is 5.10 Å². The lowest BCUT2D eigenvalue weighted by molar-refractivity contribution is -0.118. The highest BCUT2D eigenvalue weighted by Crippen LogP contribution is 2.13. The summed E-state index contributed by atoms with van der Waals surface area (Å²) in [6.07, 6.45) is 1.91. The first kappa shape index (κ1) is 16.4. The molecule has 1 amide bonds. The van der Waals surface area contributed by atoms with Gasteiger partial charge in [-0.05, 0) is 12.0 Å². The first-order chi connectivity index (χ1) is 10.7. The minimum absolute atomic E-state index is 0.0775. The van der Waals surface area contributed by atoms with Crippen LogP contribution in [-0.4, -0.2) is 26.4 Å². The van der Waals surface area contributed by atoms with Gasteiger partial charge in [-0.3, -0.25) is 9.36 Å². The van der Waals surface area contributed by atoms with Crippen molar-refractivity contribution in [3.63, 3.8) is 0 Å². The molecule has 0 spiro atoms. The first-order valence-electron chi connectivity index (χ1n) is 7.29. The van der Waals surface area contributed by atoms with Crippen molar-refractivity contribution in [1.29, 1.82) is 0 Å². The molecular weight excluding hydrogens is 300 g/mol. The van der Waals surface area contributed by atoms with Crippen LogP contribution >= 0.6 is 11.8 Å². The minimum Gasteiger partial charge on any atom is -0.351 e. The monoisotopic (exact) mass is 320 g/mol. The summed E-state index contributed by atoms with van der Waals surface area (Å²) in [6.45, 7) is 3.19. The second kappa shape index (κ2) is 8.43. The molecule has 0 atom stereocenters. The Kier molecular flexibility index (Phi) is 6.27. The summed E-state index contributed by atoms with van der Waals surface area (Å²) in [5.41, 5.74) is 0.834. The number of hydrogen-bond acceptors (Lipinski definition) is 4. The summed E-state index contributed by atoms with van der Waals surface area (Å²) in [4.78, 5) is 23.5. The predicted octanol–water partition coefficient (Wildman–Crippen LogP) is 1.78. The molecule has 118 valence electrons. The maximum atomic E-state index is 11.9. The van der Waals surface area contributed by atoms with Gasteiger partial charge in [-0.25, -0.2) is 9.89 Å². The zero-order chi connectivity index (χ0) is 15.8. The fourth-order valence-electron chi connectivity index (χ4n) is 1.90. The Hall–Kier alpha value is -2.02. The van der Waals surface area contributed by atoms with E-state index in [0.717, 1.165) is 18.4 Å². The molecule has 22 heavy (non-hydrogen) atoms. The van der Waals surface area contributed by atoms with E-state index in [2.05, 4.69) is 22.4 Å². The highest BCUT2D eigenvalue weighted by Gasteiger charge is 2.10. The number of nitrogens with one attached hydrogen (secondary N) is 2. The van der Waals surface area contributed by atoms with Crippen LogP contribution in [0.15, 0.2) is 40.3 Å². The highest BCUT2D eigenvalue weighted by atomic mass is 32.2. The van der Waals surface area contributed by atoms with E-state index in [4.69, 9.17) is 0 Å². The van der Waals surface area contributed by atoms with Gasteiger partial charge in [0.05, 0.1) is 5.75 Å². The molecule has 0 radical (unpaired) electrons. The third kappa shape index (κ3) is 4.77. The summed E-state index contributed by atoms with van der Waals surface area (Å²) in [5.74, 6) is 0.162. The number of nitrogens with zero attached hydrogens (tertiary/aromatic N) is 2. The number of amides is 1. The third-order valence-corrected chi connectivity index (χ3v) is 4.10. The highest BCUT2D eigenvalue weighted by molar-refractivity contribution is 7.99. The van der Waals surface area contributed by atoms with E-state index in [0.29, 0.717) is 18.2 Å². The second-order valence-electron chi connectivity index (χ2n) is 4.87. The van der Waals surface area contributed by atoms with E-state index in [9.17, 15) is 9.59 Å². The number of H-pyrrole nitrogens is 1. The van der Waals surface area contributed by atoms with Gasteiger partial charge in [0.25, 0.3) is 0 Å². The van der Waals surface area contributed by atoms with Crippen LogP contribution in [0.4, 0.5) is 0 Å². The molecule has 1 aromatic heterocycles. The number of aromatic nitrogens is 3. The average molecular weight is 320 g/mol. The Morgan fingerprint density at radius 2 is 2.14 bits per heavy atom.